The van der Waals surface area contributed by atoms with E-state index >= 15 is 0 Å². The van der Waals surface area contributed by atoms with Gasteiger partial charge in [0.2, 0.25) is 0 Å². The molecule has 5 nitrogen and oxygen atoms in total. The van der Waals surface area contributed by atoms with Gasteiger partial charge in [-0.05, 0) is 86.6 Å². The average molecular weight is 425 g/mol. The van der Waals surface area contributed by atoms with Crippen LogP contribution in [0.15, 0.2) is 93.3 Å². The van der Waals surface area contributed by atoms with Crippen LogP contribution in [0.25, 0.3) is 0 Å². The summed E-state index contributed by atoms with van der Waals surface area (Å²) in [6, 6.07) is 19.3. The highest BCUT2D eigenvalue weighted by Crippen LogP contribution is 2.31. The van der Waals surface area contributed by atoms with E-state index in [0.717, 1.165) is 36.6 Å². The largest absolute Gasteiger partial charge is 0.416 e. The Hall–Kier alpha value is -3.55. The predicted octanol–water partition coefficient (Wildman–Crippen LogP) is 8.38. The summed E-state index contributed by atoms with van der Waals surface area (Å²) < 4.78 is 37.8. The normalized spacial score (nSPS) is 12.0. The molecule has 0 aliphatic carbocycles. The fourth-order valence-electron chi connectivity index (χ4n) is 2.85. The van der Waals surface area contributed by atoms with Gasteiger partial charge in [-0.3, -0.25) is 0 Å². The molecule has 3 aromatic carbocycles. The van der Waals surface area contributed by atoms with Crippen molar-refractivity contribution in [3.8, 4) is 0 Å². The summed E-state index contributed by atoms with van der Waals surface area (Å²) in [4.78, 5) is 2.25. The van der Waals surface area contributed by atoms with Gasteiger partial charge in [-0.1, -0.05) is 0 Å². The van der Waals surface area contributed by atoms with Crippen molar-refractivity contribution >= 4 is 28.4 Å². The second kappa shape index (κ2) is 9.97. The standard InChI is InChI=1S/C23H22F3N5/c1-3-31(4-2)22-15-13-21(14-16-22)30-29-20-11-9-19(10-12-20)28-27-18-7-5-17(6-8-18)23(24,25)26/h5-16H,3-4H2,1-2H3/b28-27+,30-29+. The minimum absolute atomic E-state index is 0.338. The van der Waals surface area contributed by atoms with Crippen molar-refractivity contribution < 1.29 is 13.2 Å². The molecule has 0 aliphatic heterocycles. The molecule has 3 aromatic rings. The second-order valence-electron chi connectivity index (χ2n) is 6.65. The number of hydrogen-bond donors (Lipinski definition) is 0. The van der Waals surface area contributed by atoms with E-state index in [-0.39, 0.29) is 0 Å². The van der Waals surface area contributed by atoms with Gasteiger partial charge in [0.25, 0.3) is 0 Å². The first-order chi connectivity index (χ1) is 14.9. The van der Waals surface area contributed by atoms with E-state index in [4.69, 9.17) is 0 Å². The number of hydrogen-bond acceptors (Lipinski definition) is 5. The molecule has 0 unspecified atom stereocenters. The third kappa shape index (κ3) is 6.21. The molecule has 0 atom stereocenters. The van der Waals surface area contributed by atoms with Crippen LogP contribution in [-0.2, 0) is 6.18 Å². The number of azo groups is 2. The molecular weight excluding hydrogens is 403 g/mol. The fraction of sp³-hybridized carbons (Fsp3) is 0.217. The highest BCUT2D eigenvalue weighted by molar-refractivity contribution is 5.53. The first kappa shape index (κ1) is 22.1. The number of nitrogens with zero attached hydrogens (tertiary/aromatic N) is 5. The molecule has 0 aliphatic rings. The number of halogens is 3. The minimum atomic E-state index is -4.37. The van der Waals surface area contributed by atoms with Crippen molar-refractivity contribution in [1.82, 2.24) is 0 Å². The lowest BCUT2D eigenvalue weighted by Gasteiger charge is -2.20. The van der Waals surface area contributed by atoms with Gasteiger partial charge in [0.1, 0.15) is 0 Å². The summed E-state index contributed by atoms with van der Waals surface area (Å²) in [6.07, 6.45) is -4.37. The van der Waals surface area contributed by atoms with E-state index in [0.29, 0.717) is 17.1 Å². The van der Waals surface area contributed by atoms with Crippen LogP contribution in [0, 0.1) is 0 Å². The summed E-state index contributed by atoms with van der Waals surface area (Å²) >= 11 is 0. The van der Waals surface area contributed by atoms with Crippen molar-refractivity contribution in [2.45, 2.75) is 20.0 Å². The van der Waals surface area contributed by atoms with Crippen molar-refractivity contribution in [1.29, 1.82) is 0 Å². The molecule has 0 bridgehead atoms. The smallest absolute Gasteiger partial charge is 0.372 e. The van der Waals surface area contributed by atoms with Gasteiger partial charge in [-0.25, -0.2) is 0 Å². The van der Waals surface area contributed by atoms with Crippen LogP contribution in [0.5, 0.6) is 0 Å². The molecule has 0 saturated heterocycles. The number of benzene rings is 3. The fourth-order valence-corrected chi connectivity index (χ4v) is 2.85. The predicted molar refractivity (Wildman–Crippen MR) is 116 cm³/mol. The van der Waals surface area contributed by atoms with Gasteiger partial charge in [-0.2, -0.15) is 33.6 Å². The van der Waals surface area contributed by atoms with Gasteiger partial charge >= 0.3 is 6.18 Å². The molecule has 0 N–H and O–H groups in total. The second-order valence-corrected chi connectivity index (χ2v) is 6.65. The van der Waals surface area contributed by atoms with Crippen molar-refractivity contribution in [2.75, 3.05) is 18.0 Å². The molecule has 8 heteroatoms. The lowest BCUT2D eigenvalue weighted by molar-refractivity contribution is -0.137. The van der Waals surface area contributed by atoms with Crippen LogP contribution >= 0.6 is 0 Å². The van der Waals surface area contributed by atoms with Crippen LogP contribution in [-0.4, -0.2) is 13.1 Å². The first-order valence-corrected chi connectivity index (χ1v) is 9.85. The summed E-state index contributed by atoms with van der Waals surface area (Å²) in [5.74, 6) is 0. The maximum Gasteiger partial charge on any atom is 0.416 e. The highest BCUT2D eigenvalue weighted by Gasteiger charge is 2.29. The Kier molecular flexibility index (Phi) is 7.12. The van der Waals surface area contributed by atoms with Crippen molar-refractivity contribution in [2.24, 2.45) is 20.5 Å². The molecule has 0 saturated carbocycles. The quantitative estimate of drug-likeness (QED) is 0.351. The van der Waals surface area contributed by atoms with Crippen LogP contribution in [0.4, 0.5) is 41.6 Å². The van der Waals surface area contributed by atoms with Gasteiger partial charge in [0, 0.05) is 18.8 Å². The first-order valence-electron chi connectivity index (χ1n) is 9.85. The van der Waals surface area contributed by atoms with Crippen LogP contribution < -0.4 is 4.90 Å². The molecule has 0 amide bonds. The van der Waals surface area contributed by atoms with Crippen molar-refractivity contribution in [3.63, 3.8) is 0 Å². The molecule has 160 valence electrons. The molecular formula is C23H22F3N5. The van der Waals surface area contributed by atoms with E-state index in [1.54, 1.807) is 24.3 Å². The van der Waals surface area contributed by atoms with Crippen molar-refractivity contribution in [3.05, 3.63) is 78.4 Å². The molecule has 0 spiro atoms. The molecule has 0 aromatic heterocycles. The summed E-state index contributed by atoms with van der Waals surface area (Å²) in [5.41, 5.74) is 2.73. The van der Waals surface area contributed by atoms with Crippen LogP contribution in [0.2, 0.25) is 0 Å². The third-order valence-corrected chi connectivity index (χ3v) is 4.58. The Balaban J connectivity index is 1.61. The lowest BCUT2D eigenvalue weighted by atomic mass is 10.2. The zero-order valence-corrected chi connectivity index (χ0v) is 17.2. The van der Waals surface area contributed by atoms with E-state index in [9.17, 15) is 13.2 Å². The summed E-state index contributed by atoms with van der Waals surface area (Å²) in [5, 5.41) is 16.5. The van der Waals surface area contributed by atoms with Crippen LogP contribution in [0.3, 0.4) is 0 Å². The monoisotopic (exact) mass is 425 g/mol. The van der Waals surface area contributed by atoms with Gasteiger partial charge in [0.05, 0.1) is 28.3 Å². The topological polar surface area (TPSA) is 52.7 Å². The molecule has 0 heterocycles. The summed E-state index contributed by atoms with van der Waals surface area (Å²) in [6.45, 7) is 6.12. The Morgan fingerprint density at radius 3 is 1.23 bits per heavy atom. The number of anilines is 1. The summed E-state index contributed by atoms with van der Waals surface area (Å²) in [7, 11) is 0. The zero-order chi connectivity index (χ0) is 22.3. The highest BCUT2D eigenvalue weighted by atomic mass is 19.4. The SMILES string of the molecule is CCN(CC)c1ccc(/N=N/c2ccc(/N=N/c3ccc(C(F)(F)F)cc3)cc2)cc1. The number of rotatable bonds is 7. The van der Waals surface area contributed by atoms with Gasteiger partial charge < -0.3 is 4.90 Å². The lowest BCUT2D eigenvalue weighted by Crippen LogP contribution is -2.21. The number of alkyl halides is 3. The Morgan fingerprint density at radius 1 is 0.581 bits per heavy atom. The zero-order valence-electron chi connectivity index (χ0n) is 17.2. The van der Waals surface area contributed by atoms with E-state index in [2.05, 4.69) is 39.2 Å². The molecule has 0 radical (unpaired) electrons. The van der Waals surface area contributed by atoms with E-state index < -0.39 is 11.7 Å². The van der Waals surface area contributed by atoms with E-state index in [1.165, 1.54) is 12.1 Å². The van der Waals surface area contributed by atoms with Crippen LogP contribution in [0.1, 0.15) is 19.4 Å². The molecule has 3 rings (SSSR count). The Labute approximate surface area is 179 Å². The molecule has 31 heavy (non-hydrogen) atoms. The minimum Gasteiger partial charge on any atom is -0.372 e. The van der Waals surface area contributed by atoms with Gasteiger partial charge in [-0.15, -0.1) is 0 Å². The maximum atomic E-state index is 12.6. The maximum absolute atomic E-state index is 12.6. The Morgan fingerprint density at radius 2 is 0.903 bits per heavy atom. The average Bonchev–Trinajstić information content (AvgIpc) is 2.78. The molecule has 0 fully saturated rings. The third-order valence-electron chi connectivity index (χ3n) is 4.58. The Bertz CT molecular complexity index is 1020. The van der Waals surface area contributed by atoms with Gasteiger partial charge in [0.15, 0.2) is 0 Å². The van der Waals surface area contributed by atoms with E-state index in [1.807, 2.05) is 24.3 Å².